The number of benzene rings is 1. The summed E-state index contributed by atoms with van der Waals surface area (Å²) in [5.74, 6) is 0.506. The molecule has 0 saturated heterocycles. The molecule has 0 radical (unpaired) electrons. The fourth-order valence-electron chi connectivity index (χ4n) is 5.82. The number of rotatable bonds is 8. The molecular weight excluding hydrogens is 488 g/mol. The number of amides is 1. The van der Waals surface area contributed by atoms with Crippen LogP contribution in [0.3, 0.4) is 0 Å². The Morgan fingerprint density at radius 2 is 1.62 bits per heavy atom. The quantitative estimate of drug-likeness (QED) is 0.439. The van der Waals surface area contributed by atoms with Crippen molar-refractivity contribution in [3.05, 3.63) is 74.7 Å². The number of carbonyl (C=O) groups excluding carboxylic acids is 1. The average Bonchev–Trinajstić information content (AvgIpc) is 2.90. The minimum atomic E-state index is -0.199. The van der Waals surface area contributed by atoms with Crippen molar-refractivity contribution < 1.29 is 4.79 Å². The highest BCUT2D eigenvalue weighted by Gasteiger charge is 2.28. The molecule has 1 aromatic carbocycles. The van der Waals surface area contributed by atoms with Crippen LogP contribution in [0.1, 0.15) is 71.2 Å². The van der Waals surface area contributed by atoms with Crippen LogP contribution in [0.4, 0.5) is 5.69 Å². The Morgan fingerprint density at radius 1 is 0.974 bits per heavy atom. The van der Waals surface area contributed by atoms with Crippen LogP contribution in [0.15, 0.2) is 35.4 Å². The molecule has 208 valence electrons. The Morgan fingerprint density at radius 3 is 2.21 bits per heavy atom. The van der Waals surface area contributed by atoms with Gasteiger partial charge in [-0.05, 0) is 109 Å². The van der Waals surface area contributed by atoms with Gasteiger partial charge in [0.05, 0.1) is 0 Å². The average molecular weight is 531 g/mol. The zero-order valence-electron chi connectivity index (χ0n) is 24.4. The summed E-state index contributed by atoms with van der Waals surface area (Å²) in [6, 6.07) is 7.06. The van der Waals surface area contributed by atoms with Crippen molar-refractivity contribution in [2.75, 3.05) is 25.5 Å². The number of pyridine rings is 1. The summed E-state index contributed by atoms with van der Waals surface area (Å²) in [6.07, 6.45) is 8.18. The molecule has 1 amide bonds. The SMILES string of the molecule is CCN(c1cc(-c2cnc(C)nc2)cc(C(=O)NCc2c(C)cc(C)[nH]c2=O)c1C)C1CCC(N(C)C)CC1. The highest BCUT2D eigenvalue weighted by molar-refractivity contribution is 5.98. The second-order valence-corrected chi connectivity index (χ2v) is 11.0. The number of nitrogens with one attached hydrogen (secondary N) is 2. The molecule has 0 spiro atoms. The first-order valence-electron chi connectivity index (χ1n) is 13.9. The molecule has 4 rings (SSSR count). The van der Waals surface area contributed by atoms with E-state index in [1.807, 2.05) is 52.2 Å². The largest absolute Gasteiger partial charge is 0.369 e. The molecule has 1 aliphatic rings. The summed E-state index contributed by atoms with van der Waals surface area (Å²) in [5.41, 5.74) is 6.47. The van der Waals surface area contributed by atoms with Gasteiger partial charge in [-0.25, -0.2) is 9.97 Å². The van der Waals surface area contributed by atoms with Crippen molar-refractivity contribution in [1.82, 2.24) is 25.2 Å². The molecular formula is C31H42N6O2. The summed E-state index contributed by atoms with van der Waals surface area (Å²) >= 11 is 0. The number of aromatic nitrogens is 3. The van der Waals surface area contributed by atoms with E-state index in [9.17, 15) is 9.59 Å². The molecule has 2 aromatic heterocycles. The van der Waals surface area contributed by atoms with Crippen molar-refractivity contribution in [2.45, 2.75) is 78.9 Å². The Bertz CT molecular complexity index is 1370. The van der Waals surface area contributed by atoms with E-state index in [2.05, 4.69) is 57.2 Å². The second kappa shape index (κ2) is 12.1. The van der Waals surface area contributed by atoms with Crippen LogP contribution in [0.5, 0.6) is 0 Å². The number of anilines is 1. The van der Waals surface area contributed by atoms with Gasteiger partial charge in [0.1, 0.15) is 5.82 Å². The van der Waals surface area contributed by atoms with Gasteiger partial charge >= 0.3 is 0 Å². The van der Waals surface area contributed by atoms with Gasteiger partial charge in [0.25, 0.3) is 11.5 Å². The number of hydrogen-bond acceptors (Lipinski definition) is 6. The summed E-state index contributed by atoms with van der Waals surface area (Å²) in [5, 5.41) is 3.01. The summed E-state index contributed by atoms with van der Waals surface area (Å²) < 4.78 is 0. The van der Waals surface area contributed by atoms with Gasteiger partial charge in [-0.2, -0.15) is 0 Å². The third-order valence-electron chi connectivity index (χ3n) is 8.15. The normalized spacial score (nSPS) is 17.3. The van der Waals surface area contributed by atoms with Gasteiger partial charge in [-0.3, -0.25) is 9.59 Å². The molecule has 0 unspecified atom stereocenters. The monoisotopic (exact) mass is 530 g/mol. The van der Waals surface area contributed by atoms with Crippen molar-refractivity contribution in [1.29, 1.82) is 0 Å². The smallest absolute Gasteiger partial charge is 0.253 e. The first-order valence-corrected chi connectivity index (χ1v) is 13.9. The van der Waals surface area contributed by atoms with Gasteiger partial charge in [0, 0.05) is 65.6 Å². The van der Waals surface area contributed by atoms with Gasteiger partial charge in [-0.1, -0.05) is 0 Å². The molecule has 2 heterocycles. The van der Waals surface area contributed by atoms with Crippen molar-refractivity contribution in [3.63, 3.8) is 0 Å². The number of nitrogens with zero attached hydrogens (tertiary/aromatic N) is 4. The molecule has 3 aromatic rings. The zero-order chi connectivity index (χ0) is 28.3. The molecule has 1 saturated carbocycles. The standard InChI is InChI=1S/C31H42N6O2/c1-8-37(26-11-9-25(10-12-26)36(6)7)29-15-23(24-16-32-22(5)33-17-24)14-27(21(29)4)30(38)34-18-28-19(2)13-20(3)35-31(28)39/h13-17,25-26H,8-12,18H2,1-7H3,(H,34,38)(H,35,39). The van der Waals surface area contributed by atoms with Crippen LogP contribution >= 0.6 is 0 Å². The topological polar surface area (TPSA) is 94.2 Å². The maximum Gasteiger partial charge on any atom is 0.253 e. The number of aryl methyl sites for hydroxylation is 3. The van der Waals surface area contributed by atoms with Gasteiger partial charge < -0.3 is 20.1 Å². The number of hydrogen-bond donors (Lipinski definition) is 2. The highest BCUT2D eigenvalue weighted by Crippen LogP contribution is 2.35. The van der Waals surface area contributed by atoms with E-state index in [1.54, 1.807) is 0 Å². The van der Waals surface area contributed by atoms with E-state index >= 15 is 0 Å². The fraction of sp³-hybridized carbons (Fsp3) is 0.484. The number of aromatic amines is 1. The van der Waals surface area contributed by atoms with Crippen LogP contribution in [-0.2, 0) is 6.54 Å². The van der Waals surface area contributed by atoms with Crippen LogP contribution in [-0.4, -0.2) is 58.5 Å². The minimum absolute atomic E-state index is 0.166. The Kier molecular flexibility index (Phi) is 8.85. The molecule has 8 nitrogen and oxygen atoms in total. The van der Waals surface area contributed by atoms with Crippen LogP contribution in [0, 0.1) is 27.7 Å². The number of H-pyrrole nitrogens is 1. The molecule has 1 aliphatic carbocycles. The van der Waals surface area contributed by atoms with Crippen molar-refractivity contribution in [3.8, 4) is 11.1 Å². The molecule has 2 N–H and O–H groups in total. The fourth-order valence-corrected chi connectivity index (χ4v) is 5.82. The summed E-state index contributed by atoms with van der Waals surface area (Å²) in [7, 11) is 4.33. The molecule has 1 fully saturated rings. The Labute approximate surface area is 231 Å². The lowest BCUT2D eigenvalue weighted by Gasteiger charge is -2.40. The van der Waals surface area contributed by atoms with Crippen LogP contribution in [0.2, 0.25) is 0 Å². The molecule has 0 bridgehead atoms. The molecule has 0 atom stereocenters. The maximum absolute atomic E-state index is 13.6. The second-order valence-electron chi connectivity index (χ2n) is 11.0. The van der Waals surface area contributed by atoms with E-state index in [-0.39, 0.29) is 18.0 Å². The lowest BCUT2D eigenvalue weighted by Crippen LogP contribution is -2.42. The van der Waals surface area contributed by atoms with E-state index < -0.39 is 0 Å². The zero-order valence-corrected chi connectivity index (χ0v) is 24.4. The number of carbonyl (C=O) groups is 1. The predicted octanol–water partition coefficient (Wildman–Crippen LogP) is 4.69. The van der Waals surface area contributed by atoms with E-state index in [4.69, 9.17) is 0 Å². The van der Waals surface area contributed by atoms with Crippen LogP contribution < -0.4 is 15.8 Å². The third kappa shape index (κ3) is 6.38. The highest BCUT2D eigenvalue weighted by atomic mass is 16.1. The first-order chi connectivity index (χ1) is 18.6. The van der Waals surface area contributed by atoms with Gasteiger partial charge in [0.15, 0.2) is 0 Å². The Hall–Kier alpha value is -3.52. The van der Waals surface area contributed by atoms with Crippen molar-refractivity contribution in [2.24, 2.45) is 0 Å². The predicted molar refractivity (Wildman–Crippen MR) is 157 cm³/mol. The van der Waals surface area contributed by atoms with Crippen LogP contribution in [0.25, 0.3) is 11.1 Å². The van der Waals surface area contributed by atoms with E-state index in [1.165, 1.54) is 0 Å². The summed E-state index contributed by atoms with van der Waals surface area (Å²) in [4.78, 5) is 42.6. The summed E-state index contributed by atoms with van der Waals surface area (Å²) in [6.45, 7) is 10.8. The van der Waals surface area contributed by atoms with Crippen molar-refractivity contribution >= 4 is 11.6 Å². The molecule has 0 aliphatic heterocycles. The lowest BCUT2D eigenvalue weighted by atomic mass is 9.88. The maximum atomic E-state index is 13.6. The van der Waals surface area contributed by atoms with E-state index in [0.29, 0.717) is 29.0 Å². The van der Waals surface area contributed by atoms with E-state index in [0.717, 1.165) is 65.9 Å². The van der Waals surface area contributed by atoms with Gasteiger partial charge in [0.2, 0.25) is 0 Å². The molecule has 8 heteroatoms. The molecule has 39 heavy (non-hydrogen) atoms. The Balaban J connectivity index is 1.70. The minimum Gasteiger partial charge on any atom is -0.369 e. The van der Waals surface area contributed by atoms with Gasteiger partial charge in [-0.15, -0.1) is 0 Å². The first kappa shape index (κ1) is 28.5. The lowest BCUT2D eigenvalue weighted by molar-refractivity contribution is 0.0950. The third-order valence-corrected chi connectivity index (χ3v) is 8.15.